The maximum absolute atomic E-state index is 12.5. The second-order valence-corrected chi connectivity index (χ2v) is 6.99. The summed E-state index contributed by atoms with van der Waals surface area (Å²) >= 11 is 0. The molecule has 1 aromatic carbocycles. The van der Waals surface area contributed by atoms with Gasteiger partial charge in [-0.2, -0.15) is 0 Å². The van der Waals surface area contributed by atoms with Gasteiger partial charge in [0, 0.05) is 38.3 Å². The second-order valence-electron chi connectivity index (χ2n) is 6.99. The van der Waals surface area contributed by atoms with Crippen molar-refractivity contribution >= 4 is 5.91 Å². The molecule has 0 radical (unpaired) electrons. The number of nitrogens with two attached hydrogens (primary N) is 2. The molecule has 0 bridgehead atoms. The Balaban J connectivity index is 1.93. The average molecular weight is 395 g/mol. The van der Waals surface area contributed by atoms with Gasteiger partial charge < -0.3 is 30.6 Å². The first kappa shape index (κ1) is 22.3. The molecule has 0 saturated carbocycles. The monoisotopic (exact) mass is 394 g/mol. The van der Waals surface area contributed by atoms with E-state index < -0.39 is 6.04 Å². The summed E-state index contributed by atoms with van der Waals surface area (Å²) in [6.45, 7) is 4.29. The van der Waals surface area contributed by atoms with Gasteiger partial charge in [0.2, 0.25) is 11.7 Å². The van der Waals surface area contributed by atoms with Crippen LogP contribution >= 0.6 is 0 Å². The molecule has 1 heterocycles. The molecule has 28 heavy (non-hydrogen) atoms. The third kappa shape index (κ3) is 5.50. The highest BCUT2D eigenvalue weighted by Gasteiger charge is 2.26. The Bertz CT molecular complexity index is 633. The van der Waals surface area contributed by atoms with Gasteiger partial charge >= 0.3 is 0 Å². The fourth-order valence-corrected chi connectivity index (χ4v) is 3.52. The van der Waals surface area contributed by atoms with E-state index in [2.05, 4.69) is 4.90 Å². The van der Waals surface area contributed by atoms with Crippen LogP contribution in [0, 0.1) is 0 Å². The standard InChI is InChI=1S/C20H34N4O4/c1-26-17-8-7-15(18(27-2)19(17)28-3)14-23-10-12-24(13-11-23)20(25)16(22)6-4-5-9-21/h7-8,16H,4-6,9-14,21-22H2,1-3H3/t16-/m0/s1. The van der Waals surface area contributed by atoms with E-state index in [0.29, 0.717) is 49.8 Å². The van der Waals surface area contributed by atoms with E-state index >= 15 is 0 Å². The lowest BCUT2D eigenvalue weighted by atomic mass is 10.1. The molecule has 8 nitrogen and oxygen atoms in total. The van der Waals surface area contributed by atoms with Crippen molar-refractivity contribution in [2.24, 2.45) is 11.5 Å². The molecular weight excluding hydrogens is 360 g/mol. The summed E-state index contributed by atoms with van der Waals surface area (Å²) in [5.41, 5.74) is 12.6. The summed E-state index contributed by atoms with van der Waals surface area (Å²) in [5, 5.41) is 0. The minimum Gasteiger partial charge on any atom is -0.493 e. The van der Waals surface area contributed by atoms with Crippen LogP contribution in [0.5, 0.6) is 17.2 Å². The van der Waals surface area contributed by atoms with Crippen molar-refractivity contribution in [3.8, 4) is 17.2 Å². The highest BCUT2D eigenvalue weighted by Crippen LogP contribution is 2.40. The van der Waals surface area contributed by atoms with Gasteiger partial charge in [-0.1, -0.05) is 12.5 Å². The number of amides is 1. The van der Waals surface area contributed by atoms with E-state index in [4.69, 9.17) is 25.7 Å². The van der Waals surface area contributed by atoms with Crippen molar-refractivity contribution in [1.29, 1.82) is 0 Å². The van der Waals surface area contributed by atoms with E-state index in [1.54, 1.807) is 21.3 Å². The number of nitrogens with zero attached hydrogens (tertiary/aromatic N) is 2. The molecule has 0 aliphatic carbocycles. The van der Waals surface area contributed by atoms with Crippen molar-refractivity contribution in [2.75, 3.05) is 54.1 Å². The Kier molecular flexibility index (Phi) is 8.82. The van der Waals surface area contributed by atoms with Crippen molar-refractivity contribution in [2.45, 2.75) is 31.8 Å². The van der Waals surface area contributed by atoms with Gasteiger partial charge in [-0.15, -0.1) is 0 Å². The van der Waals surface area contributed by atoms with Crippen LogP contribution in [-0.4, -0.2) is 75.8 Å². The van der Waals surface area contributed by atoms with Gasteiger partial charge in [0.05, 0.1) is 27.4 Å². The van der Waals surface area contributed by atoms with Crippen LogP contribution in [-0.2, 0) is 11.3 Å². The minimum absolute atomic E-state index is 0.0420. The minimum atomic E-state index is -0.427. The Morgan fingerprint density at radius 1 is 1.04 bits per heavy atom. The van der Waals surface area contributed by atoms with Crippen LogP contribution in [0.15, 0.2) is 12.1 Å². The molecule has 2 rings (SSSR count). The normalized spacial score (nSPS) is 16.0. The number of carbonyl (C=O) groups is 1. The zero-order valence-corrected chi connectivity index (χ0v) is 17.3. The van der Waals surface area contributed by atoms with E-state index in [1.807, 2.05) is 17.0 Å². The van der Waals surface area contributed by atoms with Gasteiger partial charge in [0.1, 0.15) is 0 Å². The molecule has 1 aliphatic rings. The zero-order valence-electron chi connectivity index (χ0n) is 17.3. The number of unbranched alkanes of at least 4 members (excludes halogenated alkanes) is 1. The summed E-state index contributed by atoms with van der Waals surface area (Å²) < 4.78 is 16.4. The van der Waals surface area contributed by atoms with Crippen LogP contribution in [0.3, 0.4) is 0 Å². The number of benzene rings is 1. The lowest BCUT2D eigenvalue weighted by Crippen LogP contribution is -2.52. The van der Waals surface area contributed by atoms with Crippen LogP contribution in [0.25, 0.3) is 0 Å². The number of rotatable bonds is 10. The molecule has 0 spiro atoms. The largest absolute Gasteiger partial charge is 0.493 e. The number of hydrogen-bond donors (Lipinski definition) is 2. The molecule has 1 aliphatic heterocycles. The smallest absolute Gasteiger partial charge is 0.239 e. The highest BCUT2D eigenvalue weighted by atomic mass is 16.5. The molecular formula is C20H34N4O4. The van der Waals surface area contributed by atoms with Crippen LogP contribution in [0.1, 0.15) is 24.8 Å². The van der Waals surface area contributed by atoms with Crippen LogP contribution in [0.4, 0.5) is 0 Å². The molecule has 0 aromatic heterocycles. The lowest BCUT2D eigenvalue weighted by Gasteiger charge is -2.36. The van der Waals surface area contributed by atoms with Crippen molar-refractivity contribution in [3.63, 3.8) is 0 Å². The molecule has 158 valence electrons. The van der Waals surface area contributed by atoms with Crippen LogP contribution < -0.4 is 25.7 Å². The third-order valence-corrected chi connectivity index (χ3v) is 5.15. The quantitative estimate of drug-likeness (QED) is 0.566. The molecule has 1 aromatic rings. The molecule has 4 N–H and O–H groups in total. The van der Waals surface area contributed by atoms with Gasteiger partial charge in [0.25, 0.3) is 0 Å². The predicted octanol–water partition coefficient (Wildman–Crippen LogP) is 0.813. The first-order chi connectivity index (χ1) is 13.5. The molecule has 1 saturated heterocycles. The van der Waals surface area contributed by atoms with E-state index in [-0.39, 0.29) is 5.91 Å². The highest BCUT2D eigenvalue weighted by molar-refractivity contribution is 5.81. The predicted molar refractivity (Wildman–Crippen MR) is 109 cm³/mol. The van der Waals surface area contributed by atoms with E-state index in [0.717, 1.165) is 31.5 Å². The van der Waals surface area contributed by atoms with Crippen molar-refractivity contribution in [3.05, 3.63) is 17.7 Å². The Labute approximate surface area is 167 Å². The number of hydrogen-bond acceptors (Lipinski definition) is 7. The second kappa shape index (κ2) is 11.1. The van der Waals surface area contributed by atoms with Gasteiger partial charge in [0.15, 0.2) is 11.5 Å². The number of carbonyl (C=O) groups excluding carboxylic acids is 1. The van der Waals surface area contributed by atoms with Crippen molar-refractivity contribution in [1.82, 2.24) is 9.80 Å². The van der Waals surface area contributed by atoms with Crippen LogP contribution in [0.2, 0.25) is 0 Å². The number of piperazine rings is 1. The summed E-state index contributed by atoms with van der Waals surface area (Å²) in [7, 11) is 4.84. The number of methoxy groups -OCH3 is 3. The Morgan fingerprint density at radius 2 is 1.71 bits per heavy atom. The first-order valence-corrected chi connectivity index (χ1v) is 9.80. The molecule has 8 heteroatoms. The molecule has 0 unspecified atom stereocenters. The van der Waals surface area contributed by atoms with E-state index in [1.165, 1.54) is 0 Å². The molecule has 1 amide bonds. The third-order valence-electron chi connectivity index (χ3n) is 5.15. The SMILES string of the molecule is COc1ccc(CN2CCN(C(=O)[C@@H](N)CCCCN)CC2)c(OC)c1OC. The van der Waals surface area contributed by atoms with Gasteiger partial charge in [-0.25, -0.2) is 0 Å². The molecule has 1 atom stereocenters. The maximum Gasteiger partial charge on any atom is 0.239 e. The fraction of sp³-hybridized carbons (Fsp3) is 0.650. The lowest BCUT2D eigenvalue weighted by molar-refractivity contribution is -0.134. The zero-order chi connectivity index (χ0) is 20.5. The van der Waals surface area contributed by atoms with Crippen molar-refractivity contribution < 1.29 is 19.0 Å². The summed E-state index contributed by atoms with van der Waals surface area (Å²) in [4.78, 5) is 16.7. The number of ether oxygens (including phenoxy) is 3. The summed E-state index contributed by atoms with van der Waals surface area (Å²) in [5.74, 6) is 1.96. The van der Waals surface area contributed by atoms with Gasteiger partial charge in [-0.05, 0) is 25.5 Å². The summed E-state index contributed by atoms with van der Waals surface area (Å²) in [6, 6.07) is 3.45. The first-order valence-electron chi connectivity index (χ1n) is 9.80. The van der Waals surface area contributed by atoms with Gasteiger partial charge in [-0.3, -0.25) is 9.69 Å². The van der Waals surface area contributed by atoms with E-state index in [9.17, 15) is 4.79 Å². The topological polar surface area (TPSA) is 103 Å². The fourth-order valence-electron chi connectivity index (χ4n) is 3.52. The summed E-state index contributed by atoms with van der Waals surface area (Å²) in [6.07, 6.45) is 2.49. The average Bonchev–Trinajstić information content (AvgIpc) is 2.73. The molecule has 1 fully saturated rings. The maximum atomic E-state index is 12.5. The Morgan fingerprint density at radius 3 is 2.29 bits per heavy atom. The Hall–Kier alpha value is -2.03.